The summed E-state index contributed by atoms with van der Waals surface area (Å²) in [6.45, 7) is 2.57. The van der Waals surface area contributed by atoms with Gasteiger partial charge in [-0.15, -0.1) is 0 Å². The van der Waals surface area contributed by atoms with E-state index < -0.39 is 10.0 Å². The second kappa shape index (κ2) is 5.69. The summed E-state index contributed by atoms with van der Waals surface area (Å²) in [4.78, 5) is 13.7. The van der Waals surface area contributed by atoms with Gasteiger partial charge in [-0.3, -0.25) is 14.2 Å². The molecule has 2 aromatic rings. The van der Waals surface area contributed by atoms with E-state index in [9.17, 15) is 13.2 Å². The zero-order valence-corrected chi connectivity index (χ0v) is 13.8. The number of carbonyl (C=O) groups is 1. The highest BCUT2D eigenvalue weighted by molar-refractivity contribution is 7.92. The lowest BCUT2D eigenvalue weighted by molar-refractivity contribution is -0.117. The zero-order chi connectivity index (χ0) is 16.6. The first-order chi connectivity index (χ1) is 10.9. The summed E-state index contributed by atoms with van der Waals surface area (Å²) >= 11 is 0. The highest BCUT2D eigenvalue weighted by Gasteiger charge is 2.24. The van der Waals surface area contributed by atoms with Crippen LogP contribution >= 0.6 is 0 Å². The smallest absolute Gasteiger partial charge is 0.265 e. The van der Waals surface area contributed by atoms with E-state index >= 15 is 0 Å². The van der Waals surface area contributed by atoms with Gasteiger partial charge in [0.15, 0.2) is 0 Å². The molecule has 1 aromatic heterocycles. The van der Waals surface area contributed by atoms with Crippen LogP contribution in [0, 0.1) is 6.92 Å². The van der Waals surface area contributed by atoms with E-state index in [1.807, 2.05) is 13.0 Å². The van der Waals surface area contributed by atoms with Crippen LogP contribution in [-0.4, -0.2) is 30.7 Å². The highest BCUT2D eigenvalue weighted by atomic mass is 32.2. The minimum absolute atomic E-state index is 0.0698. The molecule has 8 heteroatoms. The lowest BCUT2D eigenvalue weighted by Crippen LogP contribution is -2.24. The number of nitrogens with zero attached hydrogens (tertiary/aromatic N) is 3. The van der Waals surface area contributed by atoms with Gasteiger partial charge < -0.3 is 4.90 Å². The third-order valence-electron chi connectivity index (χ3n) is 3.82. The fourth-order valence-corrected chi connectivity index (χ4v) is 3.65. The Labute approximate surface area is 135 Å². The number of anilines is 2. The van der Waals surface area contributed by atoms with Gasteiger partial charge in [0, 0.05) is 31.9 Å². The predicted molar refractivity (Wildman–Crippen MR) is 86.8 cm³/mol. The molecular formula is C15H18N4O3S. The fraction of sp³-hybridized carbons (Fsp3) is 0.333. The Hall–Kier alpha value is -2.35. The van der Waals surface area contributed by atoms with Crippen LogP contribution in [-0.2, 0) is 21.9 Å². The first-order valence-corrected chi connectivity index (χ1v) is 8.77. The summed E-state index contributed by atoms with van der Waals surface area (Å²) in [5, 5.41) is 3.87. The van der Waals surface area contributed by atoms with Gasteiger partial charge in [0.05, 0.1) is 11.9 Å². The van der Waals surface area contributed by atoms with Gasteiger partial charge >= 0.3 is 0 Å². The standard InChI is InChI=1S/C15H18N4O3S/c1-11-5-6-12(8-14(11)19-7-3-4-15(19)20)17-23(21,22)13-9-16-18(2)10-13/h5-6,8-10,17H,3-4,7H2,1-2H3. The molecule has 0 saturated carbocycles. The zero-order valence-electron chi connectivity index (χ0n) is 13.0. The van der Waals surface area contributed by atoms with Crippen molar-refractivity contribution < 1.29 is 13.2 Å². The van der Waals surface area contributed by atoms with Crippen LogP contribution in [0.3, 0.4) is 0 Å². The summed E-state index contributed by atoms with van der Waals surface area (Å²) in [6.07, 6.45) is 4.08. The van der Waals surface area contributed by atoms with Crippen molar-refractivity contribution in [1.82, 2.24) is 9.78 Å². The summed E-state index contributed by atoms with van der Waals surface area (Å²) in [5.74, 6) is 0.0698. The summed E-state index contributed by atoms with van der Waals surface area (Å²) < 4.78 is 28.7. The molecule has 1 saturated heterocycles. The number of aryl methyl sites for hydroxylation is 2. The number of amides is 1. The Balaban J connectivity index is 1.91. The van der Waals surface area contributed by atoms with Gasteiger partial charge in [-0.2, -0.15) is 5.10 Å². The van der Waals surface area contributed by atoms with Crippen LogP contribution < -0.4 is 9.62 Å². The molecule has 1 fully saturated rings. The first-order valence-electron chi connectivity index (χ1n) is 7.29. The number of carbonyl (C=O) groups excluding carboxylic acids is 1. The fourth-order valence-electron chi connectivity index (χ4n) is 2.62. The Morgan fingerprint density at radius 1 is 1.30 bits per heavy atom. The molecule has 0 spiro atoms. The average molecular weight is 334 g/mol. The van der Waals surface area contributed by atoms with Crippen molar-refractivity contribution in [3.8, 4) is 0 Å². The highest BCUT2D eigenvalue weighted by Crippen LogP contribution is 2.29. The molecule has 0 bridgehead atoms. The number of nitrogens with one attached hydrogen (secondary N) is 1. The van der Waals surface area contributed by atoms with E-state index in [-0.39, 0.29) is 10.8 Å². The summed E-state index contributed by atoms with van der Waals surface area (Å²) in [7, 11) is -2.04. The number of aromatic nitrogens is 2. The van der Waals surface area contributed by atoms with Crippen molar-refractivity contribution in [3.05, 3.63) is 36.2 Å². The van der Waals surface area contributed by atoms with Crippen molar-refractivity contribution in [2.45, 2.75) is 24.7 Å². The Bertz CT molecular complexity index is 857. The van der Waals surface area contributed by atoms with Gasteiger partial charge in [-0.1, -0.05) is 6.07 Å². The molecule has 23 heavy (non-hydrogen) atoms. The largest absolute Gasteiger partial charge is 0.312 e. The maximum Gasteiger partial charge on any atom is 0.265 e. The monoisotopic (exact) mass is 334 g/mol. The summed E-state index contributed by atoms with van der Waals surface area (Å²) in [5.41, 5.74) is 2.11. The van der Waals surface area contributed by atoms with E-state index in [0.29, 0.717) is 18.7 Å². The first kappa shape index (κ1) is 15.5. The molecular weight excluding hydrogens is 316 g/mol. The van der Waals surface area contributed by atoms with Crippen LogP contribution in [0.25, 0.3) is 0 Å². The number of benzene rings is 1. The van der Waals surface area contributed by atoms with Crippen LogP contribution in [0.2, 0.25) is 0 Å². The molecule has 1 aromatic carbocycles. The molecule has 0 atom stereocenters. The van der Waals surface area contributed by atoms with Crippen molar-refractivity contribution in [2.75, 3.05) is 16.2 Å². The van der Waals surface area contributed by atoms with E-state index in [2.05, 4.69) is 9.82 Å². The molecule has 0 unspecified atom stereocenters. The summed E-state index contributed by atoms with van der Waals surface area (Å²) in [6, 6.07) is 5.20. The van der Waals surface area contributed by atoms with Crippen molar-refractivity contribution in [1.29, 1.82) is 0 Å². The molecule has 3 rings (SSSR count). The lowest BCUT2D eigenvalue weighted by atomic mass is 10.1. The van der Waals surface area contributed by atoms with Crippen molar-refractivity contribution in [3.63, 3.8) is 0 Å². The van der Waals surface area contributed by atoms with E-state index in [4.69, 9.17) is 0 Å². The van der Waals surface area contributed by atoms with Crippen LogP contribution in [0.4, 0.5) is 11.4 Å². The van der Waals surface area contributed by atoms with Gasteiger partial charge in [-0.25, -0.2) is 8.42 Å². The Morgan fingerprint density at radius 2 is 2.09 bits per heavy atom. The second-order valence-electron chi connectivity index (χ2n) is 5.61. The topological polar surface area (TPSA) is 84.3 Å². The molecule has 1 aliphatic heterocycles. The number of hydrogen-bond donors (Lipinski definition) is 1. The SMILES string of the molecule is Cc1ccc(NS(=O)(=O)c2cnn(C)c2)cc1N1CCCC1=O. The Morgan fingerprint density at radius 3 is 2.70 bits per heavy atom. The maximum atomic E-state index is 12.4. The molecule has 1 N–H and O–H groups in total. The molecule has 1 amide bonds. The van der Waals surface area contributed by atoms with Crippen LogP contribution in [0.15, 0.2) is 35.5 Å². The van der Waals surface area contributed by atoms with Crippen molar-refractivity contribution in [2.24, 2.45) is 7.05 Å². The maximum absolute atomic E-state index is 12.4. The number of sulfonamides is 1. The van der Waals surface area contributed by atoms with E-state index in [0.717, 1.165) is 17.7 Å². The lowest BCUT2D eigenvalue weighted by Gasteiger charge is -2.19. The second-order valence-corrected chi connectivity index (χ2v) is 7.29. The van der Waals surface area contributed by atoms with E-state index in [1.165, 1.54) is 17.1 Å². The third kappa shape index (κ3) is 3.07. The number of rotatable bonds is 4. The molecule has 2 heterocycles. The van der Waals surface area contributed by atoms with Gasteiger partial charge in [0.1, 0.15) is 4.90 Å². The number of hydrogen-bond acceptors (Lipinski definition) is 4. The minimum Gasteiger partial charge on any atom is -0.312 e. The Kier molecular flexibility index (Phi) is 3.85. The molecule has 122 valence electrons. The predicted octanol–water partition coefficient (Wildman–Crippen LogP) is 1.66. The van der Waals surface area contributed by atoms with Crippen molar-refractivity contribution >= 4 is 27.3 Å². The van der Waals surface area contributed by atoms with E-state index in [1.54, 1.807) is 24.1 Å². The minimum atomic E-state index is -3.70. The molecule has 7 nitrogen and oxygen atoms in total. The van der Waals surface area contributed by atoms with Crippen LogP contribution in [0.1, 0.15) is 18.4 Å². The quantitative estimate of drug-likeness (QED) is 0.921. The average Bonchev–Trinajstić information content (AvgIpc) is 3.10. The van der Waals surface area contributed by atoms with Gasteiger partial charge in [-0.05, 0) is 31.0 Å². The third-order valence-corrected chi connectivity index (χ3v) is 5.15. The normalized spacial score (nSPS) is 15.2. The van der Waals surface area contributed by atoms with Crippen LogP contribution in [0.5, 0.6) is 0 Å². The molecule has 0 aliphatic carbocycles. The molecule has 1 aliphatic rings. The van der Waals surface area contributed by atoms with Gasteiger partial charge in [0.2, 0.25) is 5.91 Å². The molecule has 0 radical (unpaired) electrons. The van der Waals surface area contributed by atoms with Gasteiger partial charge in [0.25, 0.3) is 10.0 Å².